The number of hydrogen-bond acceptors (Lipinski definition) is 4. The number of methoxy groups -OCH3 is 1. The Kier molecular flexibility index (Phi) is 6.64. The number of nitrogens with one attached hydrogen (secondary N) is 1. The highest BCUT2D eigenvalue weighted by atomic mass is 32.2. The highest BCUT2D eigenvalue weighted by Gasteiger charge is 2.32. The minimum absolute atomic E-state index is 0.266. The van der Waals surface area contributed by atoms with Crippen molar-refractivity contribution in [1.82, 2.24) is 5.32 Å². The molecule has 0 aromatic heterocycles. The molecule has 0 spiro atoms. The molecule has 3 nitrogen and oxygen atoms in total. The lowest BCUT2D eigenvalue weighted by Crippen LogP contribution is -2.44. The highest BCUT2D eigenvalue weighted by Crippen LogP contribution is 2.33. The first-order valence-electron chi connectivity index (χ1n) is 5.66. The smallest absolute Gasteiger partial charge is 0.0618 e. The van der Waals surface area contributed by atoms with Gasteiger partial charge in [0, 0.05) is 31.6 Å². The standard InChI is InChI=1S/C11H23NO2S/c1-14-7-11(9-3-4-9)12-10(5-6-13)8-15-2/h9-13H,3-8H2,1-2H3. The number of ether oxygens (including phenoxy) is 1. The van der Waals surface area contributed by atoms with E-state index in [2.05, 4.69) is 11.6 Å². The Morgan fingerprint density at radius 3 is 2.73 bits per heavy atom. The summed E-state index contributed by atoms with van der Waals surface area (Å²) in [6.45, 7) is 1.06. The normalized spacial score (nSPS) is 20.2. The van der Waals surface area contributed by atoms with Crippen molar-refractivity contribution in [1.29, 1.82) is 0 Å². The van der Waals surface area contributed by atoms with Crippen molar-refractivity contribution < 1.29 is 9.84 Å². The molecule has 0 aromatic rings. The molecule has 4 heteroatoms. The number of thioether (sulfide) groups is 1. The summed E-state index contributed by atoms with van der Waals surface area (Å²) >= 11 is 1.83. The molecule has 1 fully saturated rings. The minimum atomic E-state index is 0.266. The van der Waals surface area contributed by atoms with Crippen LogP contribution in [0.15, 0.2) is 0 Å². The van der Waals surface area contributed by atoms with E-state index in [4.69, 9.17) is 9.84 Å². The number of aliphatic hydroxyl groups is 1. The molecule has 1 aliphatic rings. The van der Waals surface area contributed by atoms with Gasteiger partial charge in [0.1, 0.15) is 0 Å². The van der Waals surface area contributed by atoms with Gasteiger partial charge < -0.3 is 15.2 Å². The van der Waals surface area contributed by atoms with Crippen LogP contribution in [0.25, 0.3) is 0 Å². The molecule has 0 aromatic carbocycles. The predicted octanol–water partition coefficient (Wildman–Crippen LogP) is 1.12. The topological polar surface area (TPSA) is 41.5 Å². The second-order valence-electron chi connectivity index (χ2n) is 4.23. The molecule has 0 bridgehead atoms. The Morgan fingerprint density at radius 1 is 1.53 bits per heavy atom. The number of aliphatic hydroxyl groups excluding tert-OH is 1. The molecule has 0 saturated heterocycles. The molecule has 15 heavy (non-hydrogen) atoms. The van der Waals surface area contributed by atoms with E-state index in [1.807, 2.05) is 11.8 Å². The molecule has 90 valence electrons. The van der Waals surface area contributed by atoms with Crippen LogP contribution in [0.4, 0.5) is 0 Å². The third kappa shape index (κ3) is 5.20. The summed E-state index contributed by atoms with van der Waals surface area (Å²) in [5.74, 6) is 1.86. The SMILES string of the molecule is COCC(NC(CCO)CSC)C1CC1. The van der Waals surface area contributed by atoms with Crippen LogP contribution < -0.4 is 5.32 Å². The van der Waals surface area contributed by atoms with E-state index in [1.165, 1.54) is 12.8 Å². The van der Waals surface area contributed by atoms with E-state index >= 15 is 0 Å². The van der Waals surface area contributed by atoms with E-state index < -0.39 is 0 Å². The maximum atomic E-state index is 8.98. The summed E-state index contributed by atoms with van der Waals surface area (Å²) in [6, 6.07) is 0.907. The van der Waals surface area contributed by atoms with Crippen molar-refractivity contribution in [2.75, 3.05) is 32.3 Å². The molecule has 2 unspecified atom stereocenters. The molecule has 2 atom stereocenters. The highest BCUT2D eigenvalue weighted by molar-refractivity contribution is 7.98. The van der Waals surface area contributed by atoms with E-state index in [9.17, 15) is 0 Å². The maximum Gasteiger partial charge on any atom is 0.0618 e. The van der Waals surface area contributed by atoms with Gasteiger partial charge in [-0.2, -0.15) is 11.8 Å². The van der Waals surface area contributed by atoms with Gasteiger partial charge in [0.15, 0.2) is 0 Å². The van der Waals surface area contributed by atoms with Gasteiger partial charge in [0.25, 0.3) is 0 Å². The molecule has 0 amide bonds. The van der Waals surface area contributed by atoms with E-state index in [-0.39, 0.29) is 6.61 Å². The fourth-order valence-electron chi connectivity index (χ4n) is 1.87. The van der Waals surface area contributed by atoms with Gasteiger partial charge in [0.2, 0.25) is 0 Å². The maximum absolute atomic E-state index is 8.98. The summed E-state index contributed by atoms with van der Waals surface area (Å²) in [5.41, 5.74) is 0. The first-order valence-corrected chi connectivity index (χ1v) is 7.06. The Balaban J connectivity index is 2.30. The average Bonchev–Trinajstić information content (AvgIpc) is 3.01. The molecule has 1 saturated carbocycles. The molecular formula is C11H23NO2S. The quantitative estimate of drug-likeness (QED) is 0.626. The fourth-order valence-corrected chi connectivity index (χ4v) is 2.54. The van der Waals surface area contributed by atoms with Crippen molar-refractivity contribution in [3.8, 4) is 0 Å². The van der Waals surface area contributed by atoms with Crippen LogP contribution in [0.3, 0.4) is 0 Å². The summed E-state index contributed by atoms with van der Waals surface area (Å²) in [4.78, 5) is 0. The monoisotopic (exact) mass is 233 g/mol. The summed E-state index contributed by atoms with van der Waals surface area (Å²) in [7, 11) is 1.76. The van der Waals surface area contributed by atoms with Crippen LogP contribution in [-0.2, 0) is 4.74 Å². The lowest BCUT2D eigenvalue weighted by molar-refractivity contribution is 0.149. The zero-order chi connectivity index (χ0) is 11.1. The Hall–Kier alpha value is 0.230. The minimum Gasteiger partial charge on any atom is -0.396 e. The van der Waals surface area contributed by atoms with Gasteiger partial charge >= 0.3 is 0 Å². The molecule has 2 N–H and O–H groups in total. The average molecular weight is 233 g/mol. The summed E-state index contributed by atoms with van der Waals surface area (Å²) in [5, 5.41) is 12.6. The lowest BCUT2D eigenvalue weighted by atomic mass is 10.1. The van der Waals surface area contributed by atoms with E-state index in [0.717, 1.165) is 24.7 Å². The molecule has 0 aliphatic heterocycles. The van der Waals surface area contributed by atoms with Crippen LogP contribution >= 0.6 is 11.8 Å². The van der Waals surface area contributed by atoms with Gasteiger partial charge in [-0.1, -0.05) is 0 Å². The van der Waals surface area contributed by atoms with Gasteiger partial charge in [-0.3, -0.25) is 0 Å². The van der Waals surface area contributed by atoms with Crippen molar-refractivity contribution in [3.63, 3.8) is 0 Å². The Labute approximate surface area is 97.0 Å². The molecule has 1 rings (SSSR count). The molecule has 0 radical (unpaired) electrons. The summed E-state index contributed by atoms with van der Waals surface area (Å²) < 4.78 is 5.23. The first-order chi connectivity index (χ1) is 7.31. The van der Waals surface area contributed by atoms with Crippen LogP contribution in [-0.4, -0.2) is 49.5 Å². The van der Waals surface area contributed by atoms with Crippen LogP contribution in [0.5, 0.6) is 0 Å². The van der Waals surface area contributed by atoms with Gasteiger partial charge in [0.05, 0.1) is 6.61 Å². The van der Waals surface area contributed by atoms with E-state index in [1.54, 1.807) is 7.11 Å². The van der Waals surface area contributed by atoms with Gasteiger partial charge in [-0.05, 0) is 31.4 Å². The fraction of sp³-hybridized carbons (Fsp3) is 1.00. The van der Waals surface area contributed by atoms with Crippen molar-refractivity contribution in [3.05, 3.63) is 0 Å². The van der Waals surface area contributed by atoms with Crippen molar-refractivity contribution >= 4 is 11.8 Å². The first kappa shape index (κ1) is 13.3. The Morgan fingerprint density at radius 2 is 2.27 bits per heavy atom. The molecular weight excluding hydrogens is 210 g/mol. The molecule has 1 aliphatic carbocycles. The van der Waals surface area contributed by atoms with Crippen LogP contribution in [0.2, 0.25) is 0 Å². The Bertz CT molecular complexity index is 159. The number of hydrogen-bond donors (Lipinski definition) is 2. The zero-order valence-electron chi connectivity index (χ0n) is 9.74. The summed E-state index contributed by atoms with van der Waals surface area (Å²) in [6.07, 6.45) is 5.60. The van der Waals surface area contributed by atoms with Crippen LogP contribution in [0, 0.1) is 5.92 Å². The third-order valence-corrected chi connectivity index (χ3v) is 3.57. The van der Waals surface area contributed by atoms with Crippen molar-refractivity contribution in [2.45, 2.75) is 31.3 Å². The second-order valence-corrected chi connectivity index (χ2v) is 5.14. The van der Waals surface area contributed by atoms with E-state index in [0.29, 0.717) is 12.1 Å². The zero-order valence-corrected chi connectivity index (χ0v) is 10.6. The van der Waals surface area contributed by atoms with Gasteiger partial charge in [-0.15, -0.1) is 0 Å². The lowest BCUT2D eigenvalue weighted by Gasteiger charge is -2.24. The molecule has 0 heterocycles. The second kappa shape index (κ2) is 7.49. The van der Waals surface area contributed by atoms with Crippen molar-refractivity contribution in [2.24, 2.45) is 5.92 Å². The van der Waals surface area contributed by atoms with Gasteiger partial charge in [-0.25, -0.2) is 0 Å². The largest absolute Gasteiger partial charge is 0.396 e. The predicted molar refractivity (Wildman–Crippen MR) is 65.4 cm³/mol. The third-order valence-electron chi connectivity index (χ3n) is 2.83. The van der Waals surface area contributed by atoms with Crippen LogP contribution in [0.1, 0.15) is 19.3 Å². The number of rotatable bonds is 9.